The minimum atomic E-state index is -1.61. The lowest BCUT2D eigenvalue weighted by Crippen LogP contribution is -2.69. The van der Waals surface area contributed by atoms with Crippen LogP contribution >= 0.6 is 0 Å². The van der Waals surface area contributed by atoms with E-state index in [0.717, 1.165) is 63.4 Å². The molecule has 0 spiro atoms. The van der Waals surface area contributed by atoms with Crippen LogP contribution in [0.5, 0.6) is 0 Å². The molecule has 1 amide bonds. The van der Waals surface area contributed by atoms with Gasteiger partial charge in [0, 0.05) is 12.5 Å². The van der Waals surface area contributed by atoms with E-state index in [1.165, 1.54) is 5.57 Å². The number of allylic oxidation sites excluding steroid dienone is 2. The van der Waals surface area contributed by atoms with Gasteiger partial charge in [0.1, 0.15) is 18.3 Å². The first-order valence-corrected chi connectivity index (χ1v) is 18.8. The molecule has 0 aromatic heterocycles. The summed E-state index contributed by atoms with van der Waals surface area (Å²) in [6, 6.07) is 9.38. The lowest BCUT2D eigenvalue weighted by molar-refractivity contribution is -0.274. The number of rotatable bonds is 5. The molecule has 1 aliphatic heterocycles. The lowest BCUT2D eigenvalue weighted by atomic mass is 9.37. The quantitative estimate of drug-likeness (QED) is 0.247. The van der Waals surface area contributed by atoms with E-state index in [9.17, 15) is 35.1 Å². The molecule has 270 valence electrons. The number of nitrogens with one attached hydrogen (secondary N) is 1. The molecule has 0 radical (unpaired) electrons. The highest BCUT2D eigenvalue weighted by atomic mass is 16.5. The number of aliphatic carboxylic acids is 1. The second-order valence-electron chi connectivity index (χ2n) is 17.6. The maximum absolute atomic E-state index is 13.3. The second-order valence-corrected chi connectivity index (χ2v) is 17.6. The summed E-state index contributed by atoms with van der Waals surface area (Å²) in [6.45, 7) is 9.10. The molecule has 9 nitrogen and oxygen atoms in total. The van der Waals surface area contributed by atoms with Gasteiger partial charge in [0.25, 0.3) is 5.91 Å². The van der Waals surface area contributed by atoms with Crippen LogP contribution in [0.25, 0.3) is 0 Å². The van der Waals surface area contributed by atoms with Crippen molar-refractivity contribution >= 4 is 11.9 Å². The van der Waals surface area contributed by atoms with Crippen LogP contribution in [0.15, 0.2) is 42.0 Å². The first-order valence-electron chi connectivity index (χ1n) is 18.8. The van der Waals surface area contributed by atoms with Crippen LogP contribution < -0.4 is 5.32 Å². The standard InChI is InChI=1S/C40H57NO8/c1-22-12-18-40(36(46)47)19-14-25-24(27(40)20-22)10-11-28-37(25,2)17-15-29-38(28,3)16-13-26(39(29,4)48)33-31(43)30(42)32(44)34(49-33)35(45)41-21-23-8-6-5-7-9-23/h5-10,22,25-34,42-44,48H,11-21H2,1-4H3,(H,41,45)(H,46,47)/t22?,25?,26?,27?,28?,29?,30?,31?,32?,33?,34?,37?,38?,39-,40?/m1/s1. The van der Waals surface area contributed by atoms with Crippen LogP contribution in [0.3, 0.4) is 0 Å². The number of amides is 1. The van der Waals surface area contributed by atoms with Gasteiger partial charge < -0.3 is 35.6 Å². The molecule has 6 N–H and O–H groups in total. The van der Waals surface area contributed by atoms with Crippen molar-refractivity contribution in [1.82, 2.24) is 5.32 Å². The molecule has 9 heteroatoms. The Morgan fingerprint density at radius 3 is 2.27 bits per heavy atom. The normalized spacial score (nSPS) is 49.3. The van der Waals surface area contributed by atoms with E-state index in [2.05, 4.69) is 32.2 Å². The molecule has 1 aromatic carbocycles. The fourth-order valence-electron chi connectivity index (χ4n) is 12.7. The van der Waals surface area contributed by atoms with Crippen molar-refractivity contribution in [1.29, 1.82) is 0 Å². The van der Waals surface area contributed by atoms with Crippen molar-refractivity contribution in [3.05, 3.63) is 47.5 Å². The highest BCUT2D eigenvalue weighted by Gasteiger charge is 2.67. The van der Waals surface area contributed by atoms with E-state index < -0.39 is 59.3 Å². The Bertz CT molecular complexity index is 1460. The van der Waals surface area contributed by atoms with Crippen LogP contribution in [0.2, 0.25) is 0 Å². The number of carbonyl (C=O) groups is 2. The number of hydrogen-bond acceptors (Lipinski definition) is 7. The molecule has 49 heavy (non-hydrogen) atoms. The van der Waals surface area contributed by atoms with Gasteiger partial charge in [0.05, 0.1) is 17.1 Å². The van der Waals surface area contributed by atoms with Gasteiger partial charge in [-0.3, -0.25) is 9.59 Å². The van der Waals surface area contributed by atoms with Gasteiger partial charge in [0.15, 0.2) is 6.10 Å². The summed E-state index contributed by atoms with van der Waals surface area (Å²) in [5.74, 6) is -0.593. The third-order valence-electron chi connectivity index (χ3n) is 15.3. The topological polar surface area (TPSA) is 157 Å². The summed E-state index contributed by atoms with van der Waals surface area (Å²) in [6.07, 6.45) is 3.55. The zero-order valence-corrected chi connectivity index (χ0v) is 29.6. The molecule has 1 aromatic rings. The number of carbonyl (C=O) groups excluding carboxylic acids is 1. The summed E-state index contributed by atoms with van der Waals surface area (Å²) in [7, 11) is 0. The number of hydrogen-bond donors (Lipinski definition) is 6. The molecule has 6 aliphatic rings. The van der Waals surface area contributed by atoms with Gasteiger partial charge in [-0.2, -0.15) is 0 Å². The fraction of sp³-hybridized carbons (Fsp3) is 0.750. The number of carboxylic acid groups (broad SMARTS) is 1. The number of ether oxygens (including phenoxy) is 1. The highest BCUT2D eigenvalue weighted by molar-refractivity contribution is 5.81. The molecule has 1 saturated heterocycles. The van der Waals surface area contributed by atoms with Crippen LogP contribution in [0.1, 0.15) is 97.5 Å². The molecule has 5 fully saturated rings. The van der Waals surface area contributed by atoms with E-state index in [1.54, 1.807) is 0 Å². The van der Waals surface area contributed by atoms with Gasteiger partial charge in [-0.1, -0.05) is 62.8 Å². The predicted molar refractivity (Wildman–Crippen MR) is 183 cm³/mol. The third kappa shape index (κ3) is 5.35. The largest absolute Gasteiger partial charge is 0.481 e. The number of aliphatic hydroxyl groups is 4. The second kappa shape index (κ2) is 12.4. The van der Waals surface area contributed by atoms with Gasteiger partial charge in [-0.15, -0.1) is 0 Å². The Hall–Kier alpha value is -2.30. The average Bonchev–Trinajstić information content (AvgIpc) is 3.06. The molecule has 15 atom stereocenters. The fourth-order valence-corrected chi connectivity index (χ4v) is 12.7. The van der Waals surface area contributed by atoms with Crippen LogP contribution in [0.4, 0.5) is 0 Å². The Balaban J connectivity index is 1.12. The monoisotopic (exact) mass is 679 g/mol. The average molecular weight is 680 g/mol. The first-order chi connectivity index (χ1) is 23.1. The summed E-state index contributed by atoms with van der Waals surface area (Å²) in [5, 5.41) is 59.0. The lowest BCUT2D eigenvalue weighted by Gasteiger charge is -2.68. The van der Waals surface area contributed by atoms with Gasteiger partial charge in [-0.05, 0) is 117 Å². The molecule has 5 aliphatic carbocycles. The maximum atomic E-state index is 13.3. The van der Waals surface area contributed by atoms with Crippen molar-refractivity contribution < 1.29 is 39.9 Å². The third-order valence-corrected chi connectivity index (χ3v) is 15.3. The van der Waals surface area contributed by atoms with E-state index in [0.29, 0.717) is 24.2 Å². The minimum absolute atomic E-state index is 0.00725. The van der Waals surface area contributed by atoms with Crippen LogP contribution in [-0.4, -0.2) is 73.5 Å². The summed E-state index contributed by atoms with van der Waals surface area (Å²) >= 11 is 0. The molecular weight excluding hydrogens is 622 g/mol. The van der Waals surface area contributed by atoms with E-state index in [1.807, 2.05) is 37.3 Å². The Kier molecular flexibility index (Phi) is 8.91. The van der Waals surface area contributed by atoms with E-state index >= 15 is 0 Å². The zero-order valence-electron chi connectivity index (χ0n) is 29.6. The van der Waals surface area contributed by atoms with Crippen LogP contribution in [-0.2, 0) is 20.9 Å². The summed E-state index contributed by atoms with van der Waals surface area (Å²) < 4.78 is 6.21. The van der Waals surface area contributed by atoms with Crippen molar-refractivity contribution in [3.8, 4) is 0 Å². The minimum Gasteiger partial charge on any atom is -0.481 e. The predicted octanol–water partition coefficient (Wildman–Crippen LogP) is 4.60. The highest BCUT2D eigenvalue weighted by Crippen LogP contribution is 2.71. The van der Waals surface area contributed by atoms with Crippen molar-refractivity contribution in [2.24, 2.45) is 51.8 Å². The van der Waals surface area contributed by atoms with E-state index in [-0.39, 0.29) is 29.2 Å². The van der Waals surface area contributed by atoms with Crippen molar-refractivity contribution in [2.75, 3.05) is 0 Å². The van der Waals surface area contributed by atoms with E-state index in [4.69, 9.17) is 4.74 Å². The molecule has 0 bridgehead atoms. The molecule has 14 unspecified atom stereocenters. The van der Waals surface area contributed by atoms with Gasteiger partial charge in [-0.25, -0.2) is 0 Å². The molecular formula is C40H57NO8. The summed E-state index contributed by atoms with van der Waals surface area (Å²) in [5.41, 5.74) is 0.151. The van der Waals surface area contributed by atoms with Gasteiger partial charge in [0.2, 0.25) is 0 Å². The molecule has 4 saturated carbocycles. The molecule has 1 heterocycles. The van der Waals surface area contributed by atoms with Crippen LogP contribution in [0, 0.1) is 51.8 Å². The van der Waals surface area contributed by atoms with Crippen molar-refractivity contribution in [3.63, 3.8) is 0 Å². The first kappa shape index (κ1) is 35.1. The SMILES string of the molecule is CC1CCC2(C(=O)O)CCC3C(=CCC4C3(C)CCC3C4(C)CCC(C4OC(C(=O)NCc5ccccc5)C(O)C(O)C4O)[C@@]3(C)O)C2C1. The number of aliphatic hydroxyl groups excluding tert-OH is 3. The van der Waals surface area contributed by atoms with Crippen molar-refractivity contribution in [2.45, 2.75) is 135 Å². The summed E-state index contributed by atoms with van der Waals surface area (Å²) in [4.78, 5) is 26.1. The smallest absolute Gasteiger partial charge is 0.310 e. The Labute approximate surface area is 290 Å². The molecule has 7 rings (SSSR count). The number of benzene rings is 1. The van der Waals surface area contributed by atoms with Gasteiger partial charge >= 0.3 is 5.97 Å². The number of carboxylic acids is 1. The zero-order chi connectivity index (χ0) is 35.1. The maximum Gasteiger partial charge on any atom is 0.310 e. The Morgan fingerprint density at radius 1 is 0.857 bits per heavy atom. The Morgan fingerprint density at radius 2 is 1.55 bits per heavy atom. The number of fused-ring (bicyclic) bond motifs is 7.